The van der Waals surface area contributed by atoms with Crippen LogP contribution in [0.25, 0.3) is 0 Å². The van der Waals surface area contributed by atoms with Crippen molar-refractivity contribution in [3.63, 3.8) is 0 Å². The second kappa shape index (κ2) is 17.9. The molecule has 318 valence electrons. The average molecular weight is 837 g/mol. The Labute approximate surface area is 336 Å². The number of aromatic nitrogens is 3. The summed E-state index contributed by atoms with van der Waals surface area (Å²) in [5, 5.41) is 0. The van der Waals surface area contributed by atoms with Crippen molar-refractivity contribution in [2.45, 2.75) is 82.8 Å². The van der Waals surface area contributed by atoms with Gasteiger partial charge in [-0.3, -0.25) is 0 Å². The number of benzene rings is 2. The molecule has 0 N–H and O–H groups in total. The highest BCUT2D eigenvalue weighted by atomic mass is 19.4. The van der Waals surface area contributed by atoms with Crippen LogP contribution in [0.4, 0.5) is 57.0 Å². The van der Waals surface area contributed by atoms with E-state index in [1.807, 2.05) is 40.1 Å². The molecular formula is C42H45F9N6O2. The van der Waals surface area contributed by atoms with Crippen LogP contribution in [0.1, 0.15) is 71.9 Å². The van der Waals surface area contributed by atoms with Crippen LogP contribution in [0.15, 0.2) is 73.2 Å². The van der Waals surface area contributed by atoms with Crippen molar-refractivity contribution < 1.29 is 49.0 Å². The number of halogens is 9. The first-order valence-electron chi connectivity index (χ1n) is 19.7. The molecule has 3 aliphatic rings. The number of ether oxygens (including phenoxy) is 2. The molecule has 17 heteroatoms. The summed E-state index contributed by atoms with van der Waals surface area (Å²) in [5.41, 5.74) is -2.64. The molecule has 7 rings (SSSR count). The van der Waals surface area contributed by atoms with Crippen LogP contribution < -0.4 is 14.7 Å². The Balaban J connectivity index is 1.18. The van der Waals surface area contributed by atoms with E-state index in [1.165, 1.54) is 17.3 Å². The Morgan fingerprint density at radius 3 is 1.95 bits per heavy atom. The van der Waals surface area contributed by atoms with Crippen LogP contribution in [0.3, 0.4) is 0 Å². The molecule has 1 saturated carbocycles. The first-order chi connectivity index (χ1) is 28.1. The lowest BCUT2D eigenvalue weighted by molar-refractivity contribution is -0.143. The summed E-state index contributed by atoms with van der Waals surface area (Å²) in [4.78, 5) is 18.5. The number of hydrogen-bond acceptors (Lipinski definition) is 8. The third-order valence-electron chi connectivity index (χ3n) is 11.4. The van der Waals surface area contributed by atoms with Gasteiger partial charge < -0.3 is 24.2 Å². The first kappa shape index (κ1) is 42.5. The minimum Gasteiger partial charge on any atom is -0.378 e. The van der Waals surface area contributed by atoms with Crippen molar-refractivity contribution in [1.82, 2.24) is 15.0 Å². The van der Waals surface area contributed by atoms with Crippen molar-refractivity contribution in [1.29, 1.82) is 0 Å². The third-order valence-corrected chi connectivity index (χ3v) is 11.4. The summed E-state index contributed by atoms with van der Waals surface area (Å²) in [5.74, 6) is 0.797. The Morgan fingerprint density at radius 2 is 1.32 bits per heavy atom. The van der Waals surface area contributed by atoms with E-state index in [-0.39, 0.29) is 40.9 Å². The molecule has 0 spiro atoms. The fourth-order valence-corrected chi connectivity index (χ4v) is 8.43. The molecule has 59 heavy (non-hydrogen) atoms. The standard InChI is InChI=1S/C42H45F9N6O2/c43-40(44,45)33-17-30(18-34(20-33)41(46,47)48)24-56(39-53-22-36(23-54-39)55-13-15-58-16-14-55)25-32-19-35(42(49,50)51)21-52-38(32)57-12-4-7-37(57)31-10-8-29(9-11-31)27-59-26-28-5-2-1-3-6-28/h1-3,5-6,17-23,29,31,37H,4,7-16,24-27H2. The van der Waals surface area contributed by atoms with Crippen molar-refractivity contribution in [3.8, 4) is 0 Å². The summed E-state index contributed by atoms with van der Waals surface area (Å²) in [6, 6.07) is 12.1. The van der Waals surface area contributed by atoms with Crippen LogP contribution in [-0.2, 0) is 47.7 Å². The molecule has 2 saturated heterocycles. The fourth-order valence-electron chi connectivity index (χ4n) is 8.43. The Hall–Kier alpha value is -4.64. The molecule has 3 fully saturated rings. The van der Waals surface area contributed by atoms with Crippen LogP contribution in [0.5, 0.6) is 0 Å². The summed E-state index contributed by atoms with van der Waals surface area (Å²) < 4.78 is 138. The highest BCUT2D eigenvalue weighted by Gasteiger charge is 2.39. The molecule has 2 aromatic carbocycles. The molecular weight excluding hydrogens is 791 g/mol. The van der Waals surface area contributed by atoms with E-state index < -0.39 is 48.3 Å². The first-order valence-corrected chi connectivity index (χ1v) is 19.7. The highest BCUT2D eigenvalue weighted by Crippen LogP contribution is 2.42. The van der Waals surface area contributed by atoms with Gasteiger partial charge in [-0.15, -0.1) is 0 Å². The van der Waals surface area contributed by atoms with E-state index in [9.17, 15) is 39.5 Å². The van der Waals surface area contributed by atoms with E-state index in [0.29, 0.717) is 69.8 Å². The number of anilines is 3. The topological polar surface area (TPSA) is 66.9 Å². The van der Waals surface area contributed by atoms with Gasteiger partial charge in [0.05, 0.1) is 54.6 Å². The van der Waals surface area contributed by atoms with Gasteiger partial charge in [0.1, 0.15) is 5.82 Å². The van der Waals surface area contributed by atoms with Crippen molar-refractivity contribution in [3.05, 3.63) is 107 Å². The largest absolute Gasteiger partial charge is 0.417 e. The van der Waals surface area contributed by atoms with Crippen molar-refractivity contribution >= 4 is 17.5 Å². The predicted molar refractivity (Wildman–Crippen MR) is 203 cm³/mol. The van der Waals surface area contributed by atoms with E-state index in [2.05, 4.69) is 15.0 Å². The van der Waals surface area contributed by atoms with Crippen LogP contribution in [-0.4, -0.2) is 60.4 Å². The molecule has 4 heterocycles. The van der Waals surface area contributed by atoms with Crippen molar-refractivity contribution in [2.24, 2.45) is 11.8 Å². The smallest absolute Gasteiger partial charge is 0.378 e. The lowest BCUT2D eigenvalue weighted by atomic mass is 9.78. The van der Waals surface area contributed by atoms with Crippen LogP contribution in [0, 0.1) is 11.8 Å². The molecule has 1 unspecified atom stereocenters. The normalized spacial score (nSPS) is 20.6. The number of morpholine rings is 1. The number of rotatable bonds is 12. The molecule has 2 aromatic heterocycles. The molecule has 0 amide bonds. The van der Waals surface area contributed by atoms with Gasteiger partial charge in [0.25, 0.3) is 0 Å². The summed E-state index contributed by atoms with van der Waals surface area (Å²) in [7, 11) is 0. The van der Waals surface area contributed by atoms with Gasteiger partial charge >= 0.3 is 18.5 Å². The second-order valence-corrected chi connectivity index (χ2v) is 15.5. The SMILES string of the molecule is FC(F)(F)c1cc(CN(Cc2cc(C(F)(F)F)cnc2N2CCCC2C2CCC(COCc3ccccc3)CC2)c2ncc(N3CCOCC3)cn2)cc(C(F)(F)F)c1. The van der Waals surface area contributed by atoms with Gasteiger partial charge in [-0.1, -0.05) is 30.3 Å². The van der Waals surface area contributed by atoms with E-state index in [0.717, 1.165) is 56.4 Å². The van der Waals surface area contributed by atoms with E-state index in [4.69, 9.17) is 9.47 Å². The number of alkyl halides is 9. The minimum absolute atomic E-state index is 0.0282. The number of nitrogens with zero attached hydrogens (tertiary/aromatic N) is 6. The summed E-state index contributed by atoms with van der Waals surface area (Å²) >= 11 is 0. The van der Waals surface area contributed by atoms with Gasteiger partial charge in [0, 0.05) is 57.1 Å². The Kier molecular flexibility index (Phi) is 12.9. The quantitative estimate of drug-likeness (QED) is 0.131. The Morgan fingerprint density at radius 1 is 0.678 bits per heavy atom. The zero-order valence-electron chi connectivity index (χ0n) is 32.2. The maximum atomic E-state index is 14.3. The second-order valence-electron chi connectivity index (χ2n) is 15.5. The van der Waals surface area contributed by atoms with Crippen LogP contribution >= 0.6 is 0 Å². The Bertz CT molecular complexity index is 1950. The number of pyridine rings is 1. The monoisotopic (exact) mass is 836 g/mol. The average Bonchev–Trinajstić information content (AvgIpc) is 3.70. The van der Waals surface area contributed by atoms with Gasteiger partial charge in [-0.05, 0) is 85.8 Å². The molecule has 1 aliphatic carbocycles. The molecule has 4 aromatic rings. The summed E-state index contributed by atoms with van der Waals surface area (Å²) in [6.45, 7) is 2.68. The maximum absolute atomic E-state index is 14.3. The van der Waals surface area contributed by atoms with Crippen molar-refractivity contribution in [2.75, 3.05) is 54.2 Å². The molecule has 1 atom stereocenters. The number of hydrogen-bond donors (Lipinski definition) is 0. The molecule has 8 nitrogen and oxygen atoms in total. The minimum atomic E-state index is -5.10. The van der Waals surface area contributed by atoms with Gasteiger partial charge in [-0.2, -0.15) is 39.5 Å². The predicted octanol–water partition coefficient (Wildman–Crippen LogP) is 9.96. The molecule has 2 aliphatic heterocycles. The zero-order chi connectivity index (χ0) is 41.8. The lowest BCUT2D eigenvalue weighted by Gasteiger charge is -2.38. The molecule has 0 bridgehead atoms. The van der Waals surface area contributed by atoms with Crippen LogP contribution in [0.2, 0.25) is 0 Å². The van der Waals surface area contributed by atoms with E-state index >= 15 is 0 Å². The van der Waals surface area contributed by atoms with E-state index in [1.54, 1.807) is 0 Å². The van der Waals surface area contributed by atoms with Gasteiger partial charge in [0.2, 0.25) is 5.95 Å². The maximum Gasteiger partial charge on any atom is 0.417 e. The molecule has 0 radical (unpaired) electrons. The van der Waals surface area contributed by atoms with Gasteiger partial charge in [-0.25, -0.2) is 15.0 Å². The van der Waals surface area contributed by atoms with Gasteiger partial charge in [0.15, 0.2) is 0 Å². The fraction of sp³-hybridized carbons (Fsp3) is 0.500. The third kappa shape index (κ3) is 10.8. The zero-order valence-corrected chi connectivity index (χ0v) is 32.2. The highest BCUT2D eigenvalue weighted by molar-refractivity contribution is 5.53. The summed E-state index contributed by atoms with van der Waals surface area (Å²) in [6.07, 6.45) is -6.06. The lowest BCUT2D eigenvalue weighted by Crippen LogP contribution is -2.39.